The van der Waals surface area contributed by atoms with E-state index in [-0.39, 0.29) is 0 Å². The summed E-state index contributed by atoms with van der Waals surface area (Å²) in [6.45, 7) is 0.852. The Balaban J connectivity index is 1.89. The monoisotopic (exact) mass is 231 g/mol. The summed E-state index contributed by atoms with van der Waals surface area (Å²) in [6, 6.07) is 9.25. The highest BCUT2D eigenvalue weighted by Gasteiger charge is 2.17. The number of benzene rings is 1. The third-order valence-corrected chi connectivity index (χ3v) is 3.19. The summed E-state index contributed by atoms with van der Waals surface area (Å²) in [7, 11) is 0. The molecule has 2 atom stereocenters. The number of nitriles is 1. The highest BCUT2D eigenvalue weighted by Crippen LogP contribution is 2.24. The number of aliphatic hydroxyl groups excluding tert-OH is 1. The van der Waals surface area contributed by atoms with Crippen LogP contribution in [0.5, 0.6) is 0 Å². The molecule has 1 aromatic rings. The molecular formula is C14H17NO2. The van der Waals surface area contributed by atoms with Crippen LogP contribution in [-0.2, 0) is 4.74 Å². The fourth-order valence-corrected chi connectivity index (χ4v) is 2.20. The van der Waals surface area contributed by atoms with Crippen LogP contribution in [0.2, 0.25) is 0 Å². The van der Waals surface area contributed by atoms with Crippen LogP contribution in [0.4, 0.5) is 0 Å². The van der Waals surface area contributed by atoms with E-state index >= 15 is 0 Å². The predicted octanol–water partition coefficient (Wildman–Crippen LogP) is 2.55. The van der Waals surface area contributed by atoms with Crippen molar-refractivity contribution in [2.24, 2.45) is 0 Å². The van der Waals surface area contributed by atoms with Crippen molar-refractivity contribution in [2.45, 2.75) is 37.9 Å². The Morgan fingerprint density at radius 3 is 3.12 bits per heavy atom. The summed E-state index contributed by atoms with van der Waals surface area (Å²) in [5.74, 6) is 0. The Labute approximate surface area is 102 Å². The lowest BCUT2D eigenvalue weighted by Gasteiger charge is -2.14. The van der Waals surface area contributed by atoms with Gasteiger partial charge in [-0.25, -0.2) is 0 Å². The molecule has 3 heteroatoms. The molecule has 1 N–H and O–H groups in total. The summed E-state index contributed by atoms with van der Waals surface area (Å²) in [4.78, 5) is 0. The van der Waals surface area contributed by atoms with E-state index in [0.29, 0.717) is 18.1 Å². The first-order valence-corrected chi connectivity index (χ1v) is 6.09. The molecule has 90 valence electrons. The average molecular weight is 231 g/mol. The number of rotatable bonds is 4. The lowest BCUT2D eigenvalue weighted by Crippen LogP contribution is -2.08. The minimum Gasteiger partial charge on any atom is -0.388 e. The van der Waals surface area contributed by atoms with Crippen molar-refractivity contribution >= 4 is 0 Å². The van der Waals surface area contributed by atoms with Gasteiger partial charge in [0, 0.05) is 6.61 Å². The highest BCUT2D eigenvalue weighted by atomic mass is 16.5. The molecule has 17 heavy (non-hydrogen) atoms. The van der Waals surface area contributed by atoms with E-state index in [2.05, 4.69) is 6.07 Å². The second-order valence-electron chi connectivity index (χ2n) is 4.47. The molecule has 0 radical (unpaired) electrons. The first kappa shape index (κ1) is 12.1. The predicted molar refractivity (Wildman–Crippen MR) is 64.3 cm³/mol. The van der Waals surface area contributed by atoms with Crippen molar-refractivity contribution < 1.29 is 9.84 Å². The van der Waals surface area contributed by atoms with Crippen LogP contribution < -0.4 is 0 Å². The van der Waals surface area contributed by atoms with Gasteiger partial charge in [0.25, 0.3) is 0 Å². The molecule has 0 aromatic heterocycles. The van der Waals surface area contributed by atoms with Crippen LogP contribution in [0.25, 0.3) is 0 Å². The van der Waals surface area contributed by atoms with Crippen molar-refractivity contribution in [3.8, 4) is 6.07 Å². The van der Waals surface area contributed by atoms with Gasteiger partial charge in [0.15, 0.2) is 0 Å². The topological polar surface area (TPSA) is 53.2 Å². The van der Waals surface area contributed by atoms with E-state index < -0.39 is 6.10 Å². The molecule has 1 heterocycles. The van der Waals surface area contributed by atoms with Crippen LogP contribution in [-0.4, -0.2) is 17.8 Å². The number of ether oxygens (including phenoxy) is 1. The van der Waals surface area contributed by atoms with Gasteiger partial charge in [-0.1, -0.05) is 12.1 Å². The van der Waals surface area contributed by atoms with E-state index in [9.17, 15) is 5.11 Å². The zero-order valence-electron chi connectivity index (χ0n) is 9.80. The van der Waals surface area contributed by atoms with Gasteiger partial charge < -0.3 is 9.84 Å². The molecule has 1 aromatic carbocycles. The Morgan fingerprint density at radius 2 is 2.41 bits per heavy atom. The molecule has 0 amide bonds. The second-order valence-corrected chi connectivity index (χ2v) is 4.47. The Bertz CT molecular complexity index is 405. The number of hydrogen-bond donors (Lipinski definition) is 1. The lowest BCUT2D eigenvalue weighted by atomic mass is 10.0. The third kappa shape index (κ3) is 3.29. The molecule has 0 aliphatic carbocycles. The molecule has 1 aliphatic heterocycles. The maximum Gasteiger partial charge on any atom is 0.0991 e. The maximum absolute atomic E-state index is 10.0. The zero-order chi connectivity index (χ0) is 12.1. The van der Waals surface area contributed by atoms with Gasteiger partial charge in [0.2, 0.25) is 0 Å². The van der Waals surface area contributed by atoms with Crippen LogP contribution >= 0.6 is 0 Å². The van der Waals surface area contributed by atoms with E-state index in [1.54, 1.807) is 12.1 Å². The number of nitrogens with zero attached hydrogens (tertiary/aromatic N) is 1. The average Bonchev–Trinajstić information content (AvgIpc) is 2.89. The van der Waals surface area contributed by atoms with Crippen molar-refractivity contribution in [2.75, 3.05) is 6.61 Å². The fraction of sp³-hybridized carbons (Fsp3) is 0.500. The first-order valence-electron chi connectivity index (χ1n) is 6.09. The van der Waals surface area contributed by atoms with Crippen LogP contribution in [0, 0.1) is 11.3 Å². The number of aliphatic hydroxyl groups is 1. The van der Waals surface area contributed by atoms with E-state index in [0.717, 1.165) is 31.4 Å². The maximum atomic E-state index is 10.0. The van der Waals surface area contributed by atoms with Gasteiger partial charge in [-0.05, 0) is 43.4 Å². The van der Waals surface area contributed by atoms with Crippen molar-refractivity contribution in [3.05, 3.63) is 35.4 Å². The highest BCUT2D eigenvalue weighted by molar-refractivity contribution is 5.33. The first-order chi connectivity index (χ1) is 8.29. The summed E-state index contributed by atoms with van der Waals surface area (Å²) in [6.07, 6.45) is 3.63. The van der Waals surface area contributed by atoms with Crippen LogP contribution in [0.3, 0.4) is 0 Å². The summed E-state index contributed by atoms with van der Waals surface area (Å²) in [5.41, 5.74) is 1.42. The Kier molecular flexibility index (Phi) is 4.13. The van der Waals surface area contributed by atoms with Crippen LogP contribution in [0.1, 0.15) is 42.9 Å². The molecule has 2 unspecified atom stereocenters. The molecule has 1 saturated heterocycles. The quantitative estimate of drug-likeness (QED) is 0.866. The minimum absolute atomic E-state index is 0.309. The lowest BCUT2D eigenvalue weighted by molar-refractivity contribution is 0.0812. The molecule has 3 nitrogen and oxygen atoms in total. The molecule has 0 spiro atoms. The van der Waals surface area contributed by atoms with Gasteiger partial charge in [-0.2, -0.15) is 5.26 Å². The van der Waals surface area contributed by atoms with Gasteiger partial charge in [0.1, 0.15) is 0 Å². The number of hydrogen-bond acceptors (Lipinski definition) is 3. The summed E-state index contributed by atoms with van der Waals surface area (Å²) in [5, 5.41) is 18.8. The molecule has 1 fully saturated rings. The smallest absolute Gasteiger partial charge is 0.0991 e. The normalized spacial score (nSPS) is 21.1. The van der Waals surface area contributed by atoms with Gasteiger partial charge in [-0.3, -0.25) is 0 Å². The van der Waals surface area contributed by atoms with E-state index in [1.165, 1.54) is 0 Å². The Hall–Kier alpha value is -1.37. The zero-order valence-corrected chi connectivity index (χ0v) is 9.80. The molecule has 2 rings (SSSR count). The van der Waals surface area contributed by atoms with Crippen molar-refractivity contribution in [1.82, 2.24) is 0 Å². The van der Waals surface area contributed by atoms with E-state index in [4.69, 9.17) is 10.00 Å². The van der Waals surface area contributed by atoms with Crippen LogP contribution in [0.15, 0.2) is 24.3 Å². The van der Waals surface area contributed by atoms with Gasteiger partial charge >= 0.3 is 0 Å². The van der Waals surface area contributed by atoms with Crippen molar-refractivity contribution in [1.29, 1.82) is 5.26 Å². The summed E-state index contributed by atoms with van der Waals surface area (Å²) < 4.78 is 5.52. The largest absolute Gasteiger partial charge is 0.388 e. The van der Waals surface area contributed by atoms with Gasteiger partial charge in [-0.15, -0.1) is 0 Å². The minimum atomic E-state index is -0.493. The molecule has 0 saturated carbocycles. The SMILES string of the molecule is N#Cc1cccc(C(O)CCC2CCCO2)c1. The molecular weight excluding hydrogens is 214 g/mol. The van der Waals surface area contributed by atoms with E-state index in [1.807, 2.05) is 12.1 Å². The standard InChI is InChI=1S/C14H17NO2/c15-10-11-3-1-4-12(9-11)14(16)7-6-13-5-2-8-17-13/h1,3-4,9,13-14,16H,2,5-8H2. The third-order valence-electron chi connectivity index (χ3n) is 3.19. The van der Waals surface area contributed by atoms with Crippen molar-refractivity contribution in [3.63, 3.8) is 0 Å². The second kappa shape index (κ2) is 5.81. The fourth-order valence-electron chi connectivity index (χ4n) is 2.20. The molecule has 0 bridgehead atoms. The Morgan fingerprint density at radius 1 is 1.53 bits per heavy atom. The van der Waals surface area contributed by atoms with Gasteiger partial charge in [0.05, 0.1) is 23.8 Å². The molecule has 1 aliphatic rings. The summed E-state index contributed by atoms with van der Waals surface area (Å²) >= 11 is 0.